The molecule has 5 heteroatoms. The van der Waals surface area contributed by atoms with E-state index in [1.165, 1.54) is 19.3 Å². The fraction of sp³-hybridized carbons (Fsp3) is 0.952. The summed E-state index contributed by atoms with van der Waals surface area (Å²) < 4.78 is 18.3. The molecule has 3 heterocycles. The molecule has 0 aromatic carbocycles. The highest BCUT2D eigenvalue weighted by Crippen LogP contribution is 2.70. The average Bonchev–Trinajstić information content (AvgIpc) is 3.22. The molecule has 0 aromatic rings. The van der Waals surface area contributed by atoms with E-state index in [1.54, 1.807) is 0 Å². The first-order valence-electron chi connectivity index (χ1n) is 10.6. The molecule has 2 aliphatic carbocycles. The summed E-state index contributed by atoms with van der Waals surface area (Å²) in [5.74, 6) is 0.796. The molecule has 3 saturated heterocycles. The minimum atomic E-state index is -0.0412. The lowest BCUT2D eigenvalue weighted by Gasteiger charge is -2.49. The lowest BCUT2D eigenvalue weighted by Crippen LogP contribution is -2.55. The molecule has 5 rings (SSSR count). The Labute approximate surface area is 156 Å². The Morgan fingerprint density at radius 1 is 1.19 bits per heavy atom. The first kappa shape index (κ1) is 17.4. The van der Waals surface area contributed by atoms with Crippen LogP contribution in [0.4, 0.5) is 0 Å². The minimum Gasteiger partial charge on any atom is -0.462 e. The summed E-state index contributed by atoms with van der Waals surface area (Å²) in [6.07, 6.45) is 5.43. The number of fused-ring (bicyclic) bond motifs is 2. The average molecular weight is 363 g/mol. The molecule has 3 aliphatic heterocycles. The number of hydrogen-bond donors (Lipinski definition) is 0. The SMILES string of the molecule is C[C@@H]1CN(C[C@H]2C(=O)O[C@@H]3C[C@@]4(C)CCC[C@H](C)[C@]45O[C@@H]5[C@@H]32)C[C@H](C)O1. The number of esters is 1. The van der Waals surface area contributed by atoms with Crippen molar-refractivity contribution >= 4 is 5.97 Å². The van der Waals surface area contributed by atoms with Crippen molar-refractivity contribution in [2.45, 2.75) is 83.4 Å². The molecule has 0 unspecified atom stereocenters. The molecule has 26 heavy (non-hydrogen) atoms. The monoisotopic (exact) mass is 363 g/mol. The summed E-state index contributed by atoms with van der Waals surface area (Å²) in [4.78, 5) is 15.2. The van der Waals surface area contributed by atoms with Crippen molar-refractivity contribution in [3.63, 3.8) is 0 Å². The molecule has 5 aliphatic rings. The van der Waals surface area contributed by atoms with Crippen molar-refractivity contribution in [2.24, 2.45) is 23.2 Å². The van der Waals surface area contributed by atoms with Crippen molar-refractivity contribution < 1.29 is 19.0 Å². The lowest BCUT2D eigenvalue weighted by atomic mass is 9.53. The van der Waals surface area contributed by atoms with Crippen LogP contribution in [0.3, 0.4) is 0 Å². The highest BCUT2D eigenvalue weighted by Gasteiger charge is 2.78. The normalized spacial score (nSPS) is 56.3. The lowest BCUT2D eigenvalue weighted by molar-refractivity contribution is -0.147. The van der Waals surface area contributed by atoms with E-state index in [9.17, 15) is 4.79 Å². The Kier molecular flexibility index (Phi) is 3.81. The van der Waals surface area contributed by atoms with Crippen LogP contribution in [0.25, 0.3) is 0 Å². The Morgan fingerprint density at radius 3 is 2.65 bits per heavy atom. The van der Waals surface area contributed by atoms with Gasteiger partial charge in [0, 0.05) is 31.0 Å². The van der Waals surface area contributed by atoms with E-state index in [0.717, 1.165) is 26.1 Å². The number of nitrogens with zero attached hydrogens (tertiary/aromatic N) is 1. The van der Waals surface area contributed by atoms with Crippen LogP contribution in [0.2, 0.25) is 0 Å². The van der Waals surface area contributed by atoms with E-state index in [2.05, 4.69) is 32.6 Å². The fourth-order valence-corrected chi connectivity index (χ4v) is 7.15. The van der Waals surface area contributed by atoms with Gasteiger partial charge in [0.2, 0.25) is 0 Å². The largest absolute Gasteiger partial charge is 0.462 e. The van der Waals surface area contributed by atoms with Crippen LogP contribution in [0.5, 0.6) is 0 Å². The maximum absolute atomic E-state index is 12.8. The number of epoxide rings is 1. The predicted octanol–water partition coefficient (Wildman–Crippen LogP) is 2.62. The van der Waals surface area contributed by atoms with Crippen LogP contribution in [-0.4, -0.2) is 60.5 Å². The van der Waals surface area contributed by atoms with Gasteiger partial charge in [-0.1, -0.05) is 20.3 Å². The van der Waals surface area contributed by atoms with Crippen LogP contribution in [0.1, 0.15) is 53.4 Å². The third-order valence-corrected chi connectivity index (χ3v) is 8.14. The highest BCUT2D eigenvalue weighted by atomic mass is 16.6. The van der Waals surface area contributed by atoms with Crippen molar-refractivity contribution in [2.75, 3.05) is 19.6 Å². The van der Waals surface area contributed by atoms with Gasteiger partial charge < -0.3 is 14.2 Å². The fourth-order valence-electron chi connectivity index (χ4n) is 7.15. The second kappa shape index (κ2) is 5.68. The van der Waals surface area contributed by atoms with E-state index in [4.69, 9.17) is 14.2 Å². The van der Waals surface area contributed by atoms with Crippen molar-refractivity contribution in [3.05, 3.63) is 0 Å². The number of carbonyl (C=O) groups is 1. The summed E-state index contributed by atoms with van der Waals surface area (Å²) in [5.41, 5.74) is 0.178. The van der Waals surface area contributed by atoms with Crippen LogP contribution in [0, 0.1) is 23.2 Å². The molecular formula is C21H33NO4. The summed E-state index contributed by atoms with van der Waals surface area (Å²) in [7, 11) is 0. The molecule has 0 bridgehead atoms. The Balaban J connectivity index is 1.38. The van der Waals surface area contributed by atoms with E-state index in [1.807, 2.05) is 0 Å². The molecule has 9 atom stereocenters. The topological polar surface area (TPSA) is 51.3 Å². The van der Waals surface area contributed by atoms with Gasteiger partial charge in [-0.2, -0.15) is 0 Å². The zero-order chi connectivity index (χ0) is 18.3. The third kappa shape index (κ3) is 2.29. The first-order chi connectivity index (χ1) is 12.3. The van der Waals surface area contributed by atoms with E-state index >= 15 is 0 Å². The Morgan fingerprint density at radius 2 is 1.92 bits per heavy atom. The first-order valence-corrected chi connectivity index (χ1v) is 10.6. The van der Waals surface area contributed by atoms with Crippen LogP contribution >= 0.6 is 0 Å². The molecule has 5 nitrogen and oxygen atoms in total. The number of carbonyl (C=O) groups excluding carboxylic acids is 1. The van der Waals surface area contributed by atoms with Gasteiger partial charge in [0.15, 0.2) is 0 Å². The van der Waals surface area contributed by atoms with E-state index < -0.39 is 0 Å². The maximum Gasteiger partial charge on any atom is 0.311 e. The van der Waals surface area contributed by atoms with Gasteiger partial charge in [0.25, 0.3) is 0 Å². The van der Waals surface area contributed by atoms with Crippen molar-refractivity contribution in [1.82, 2.24) is 4.90 Å². The van der Waals surface area contributed by atoms with Gasteiger partial charge >= 0.3 is 5.97 Å². The van der Waals surface area contributed by atoms with Crippen LogP contribution < -0.4 is 0 Å². The Hall–Kier alpha value is -0.650. The minimum absolute atomic E-state index is 0.00421. The molecule has 146 valence electrons. The van der Waals surface area contributed by atoms with E-state index in [-0.39, 0.29) is 53.2 Å². The predicted molar refractivity (Wildman–Crippen MR) is 96.7 cm³/mol. The van der Waals surface area contributed by atoms with E-state index in [0.29, 0.717) is 5.92 Å². The highest BCUT2D eigenvalue weighted by molar-refractivity contribution is 5.76. The number of rotatable bonds is 2. The summed E-state index contributed by atoms with van der Waals surface area (Å²) in [6, 6.07) is 0. The van der Waals surface area contributed by atoms with Gasteiger partial charge in [0.1, 0.15) is 11.7 Å². The molecule has 1 spiro atoms. The van der Waals surface area contributed by atoms with Crippen LogP contribution in [0.15, 0.2) is 0 Å². The molecule has 0 aromatic heterocycles. The second-order valence-corrected chi connectivity index (χ2v) is 10.0. The number of hydrogen-bond acceptors (Lipinski definition) is 5. The van der Waals surface area contributed by atoms with Crippen LogP contribution in [-0.2, 0) is 19.0 Å². The molecule has 0 N–H and O–H groups in total. The summed E-state index contributed by atoms with van der Waals surface area (Å²) >= 11 is 0. The second-order valence-electron chi connectivity index (χ2n) is 10.0. The number of ether oxygens (including phenoxy) is 3. The summed E-state index contributed by atoms with van der Waals surface area (Å²) in [5, 5.41) is 0. The van der Waals surface area contributed by atoms with Gasteiger partial charge in [-0.25, -0.2) is 0 Å². The van der Waals surface area contributed by atoms with Crippen molar-refractivity contribution in [1.29, 1.82) is 0 Å². The standard InChI is InChI=1S/C21H33NO4/c1-12-6-5-7-20(4)8-16-17(18-21(12,20)26-18)15(19(23)25-16)11-22-9-13(2)24-14(3)10-22/h12-18H,5-11H2,1-4H3/t12-,13-,14+,15+,16+,17+,18+,20+,21+/m0/s1. The molecule has 0 amide bonds. The van der Waals surface area contributed by atoms with Gasteiger partial charge in [-0.3, -0.25) is 9.69 Å². The summed E-state index contributed by atoms with van der Waals surface area (Å²) in [6.45, 7) is 11.6. The zero-order valence-corrected chi connectivity index (χ0v) is 16.6. The van der Waals surface area contributed by atoms with Gasteiger partial charge in [-0.15, -0.1) is 0 Å². The third-order valence-electron chi connectivity index (χ3n) is 8.14. The molecule has 2 saturated carbocycles. The zero-order valence-electron chi connectivity index (χ0n) is 16.6. The molecular weight excluding hydrogens is 330 g/mol. The molecule has 5 fully saturated rings. The molecule has 0 radical (unpaired) electrons. The quantitative estimate of drug-likeness (QED) is 0.558. The smallest absolute Gasteiger partial charge is 0.311 e. The van der Waals surface area contributed by atoms with Gasteiger partial charge in [0.05, 0.1) is 24.2 Å². The van der Waals surface area contributed by atoms with Crippen molar-refractivity contribution in [3.8, 4) is 0 Å². The Bertz CT molecular complexity index is 601. The van der Waals surface area contributed by atoms with Gasteiger partial charge in [-0.05, 0) is 39.0 Å². The number of morpholine rings is 1. The maximum atomic E-state index is 12.8.